The van der Waals surface area contributed by atoms with Crippen molar-refractivity contribution >= 4 is 17.6 Å². The smallest absolute Gasteiger partial charge is 0.339 e. The number of carboxylic acid groups (broad SMARTS) is 1. The molecule has 0 aliphatic heterocycles. The van der Waals surface area contributed by atoms with E-state index in [0.717, 1.165) is 17.2 Å². The molecular weight excluding hydrogens is 283 g/mol. The van der Waals surface area contributed by atoms with Crippen LogP contribution in [0.4, 0.5) is 4.39 Å². The molecule has 104 valence electrons. The highest BCUT2D eigenvalue weighted by Crippen LogP contribution is 2.32. The van der Waals surface area contributed by atoms with E-state index in [4.69, 9.17) is 21.4 Å². The molecule has 2 aromatic carbocycles. The first kappa shape index (κ1) is 14.3. The number of aryl methyl sites for hydroxylation is 2. The molecule has 0 bridgehead atoms. The minimum Gasteiger partial charge on any atom is -0.478 e. The fourth-order valence-electron chi connectivity index (χ4n) is 1.86. The first-order valence-corrected chi connectivity index (χ1v) is 6.24. The lowest BCUT2D eigenvalue weighted by Crippen LogP contribution is -2.02. The predicted octanol–water partition coefficient (Wildman–Crippen LogP) is 4.59. The molecule has 0 amide bonds. The maximum absolute atomic E-state index is 13.8. The molecule has 5 heteroatoms. The molecule has 1 N–H and O–H groups in total. The van der Waals surface area contributed by atoms with Crippen LogP contribution in [0.25, 0.3) is 0 Å². The molecule has 2 aromatic rings. The molecule has 0 aliphatic carbocycles. The summed E-state index contributed by atoms with van der Waals surface area (Å²) in [6.07, 6.45) is 0. The van der Waals surface area contributed by atoms with Gasteiger partial charge in [0.1, 0.15) is 11.3 Å². The number of carbonyl (C=O) groups is 1. The van der Waals surface area contributed by atoms with Crippen molar-refractivity contribution in [2.75, 3.05) is 0 Å². The highest BCUT2D eigenvalue weighted by Gasteiger charge is 2.17. The van der Waals surface area contributed by atoms with Gasteiger partial charge in [-0.05, 0) is 49.2 Å². The zero-order valence-corrected chi connectivity index (χ0v) is 11.7. The van der Waals surface area contributed by atoms with Crippen LogP contribution in [0.2, 0.25) is 5.02 Å². The lowest BCUT2D eigenvalue weighted by molar-refractivity contribution is 0.0693. The minimum atomic E-state index is -1.25. The van der Waals surface area contributed by atoms with Crippen LogP contribution in [0.1, 0.15) is 21.5 Å². The molecule has 3 nitrogen and oxygen atoms in total. The van der Waals surface area contributed by atoms with Crippen LogP contribution in [-0.4, -0.2) is 11.1 Å². The Morgan fingerprint density at radius 1 is 1.25 bits per heavy atom. The molecule has 0 fully saturated rings. The summed E-state index contributed by atoms with van der Waals surface area (Å²) in [5, 5.41) is 9.65. The third kappa shape index (κ3) is 2.75. The Balaban J connectivity index is 2.47. The Morgan fingerprint density at radius 2 is 1.85 bits per heavy atom. The third-order valence-corrected chi connectivity index (χ3v) is 3.42. The Morgan fingerprint density at radius 3 is 2.40 bits per heavy atom. The molecule has 0 aromatic heterocycles. The van der Waals surface area contributed by atoms with Gasteiger partial charge in [-0.25, -0.2) is 9.18 Å². The summed E-state index contributed by atoms with van der Waals surface area (Å²) in [6, 6.07) is 7.03. The largest absolute Gasteiger partial charge is 0.478 e. The number of para-hydroxylation sites is 1. The van der Waals surface area contributed by atoms with Gasteiger partial charge in [-0.15, -0.1) is 0 Å². The Labute approximate surface area is 120 Å². The van der Waals surface area contributed by atoms with Crippen molar-refractivity contribution in [3.05, 3.63) is 57.9 Å². The molecule has 0 radical (unpaired) electrons. The van der Waals surface area contributed by atoms with E-state index < -0.39 is 11.8 Å². The zero-order valence-electron chi connectivity index (χ0n) is 10.9. The standard InChI is InChI=1S/C15H12ClFO3/c1-8-6-10(7-9(2)13(8)16)20-14-11(15(18)19)4-3-5-12(14)17/h3-7H,1-2H3,(H,18,19). The van der Waals surface area contributed by atoms with E-state index in [0.29, 0.717) is 10.8 Å². The summed E-state index contributed by atoms with van der Waals surface area (Å²) in [5.74, 6) is -1.94. The SMILES string of the molecule is Cc1cc(Oc2c(F)cccc2C(=O)O)cc(C)c1Cl. The van der Waals surface area contributed by atoms with Gasteiger partial charge in [-0.1, -0.05) is 17.7 Å². The third-order valence-electron chi connectivity index (χ3n) is 2.83. The molecule has 0 unspecified atom stereocenters. The van der Waals surface area contributed by atoms with E-state index in [1.807, 2.05) is 0 Å². The van der Waals surface area contributed by atoms with Crippen molar-refractivity contribution in [3.63, 3.8) is 0 Å². The van der Waals surface area contributed by atoms with Gasteiger partial charge in [0.15, 0.2) is 11.6 Å². The van der Waals surface area contributed by atoms with Crippen LogP contribution in [0.5, 0.6) is 11.5 Å². The fraction of sp³-hybridized carbons (Fsp3) is 0.133. The highest BCUT2D eigenvalue weighted by atomic mass is 35.5. The number of ether oxygens (including phenoxy) is 1. The summed E-state index contributed by atoms with van der Waals surface area (Å²) in [7, 11) is 0. The molecule has 0 aliphatic rings. The summed E-state index contributed by atoms with van der Waals surface area (Å²) in [5.41, 5.74) is 1.32. The van der Waals surface area contributed by atoms with E-state index in [2.05, 4.69) is 0 Å². The van der Waals surface area contributed by atoms with Gasteiger partial charge in [0, 0.05) is 5.02 Å². The number of rotatable bonds is 3. The lowest BCUT2D eigenvalue weighted by atomic mass is 10.1. The van der Waals surface area contributed by atoms with Crippen molar-refractivity contribution < 1.29 is 19.0 Å². The first-order valence-electron chi connectivity index (χ1n) is 5.86. The topological polar surface area (TPSA) is 46.5 Å². The van der Waals surface area contributed by atoms with Gasteiger partial charge in [-0.2, -0.15) is 0 Å². The van der Waals surface area contributed by atoms with Crippen LogP contribution in [-0.2, 0) is 0 Å². The average Bonchev–Trinajstić information content (AvgIpc) is 2.38. The van der Waals surface area contributed by atoms with E-state index in [1.165, 1.54) is 12.1 Å². The van der Waals surface area contributed by atoms with Gasteiger partial charge in [0.2, 0.25) is 0 Å². The van der Waals surface area contributed by atoms with Crippen molar-refractivity contribution in [2.24, 2.45) is 0 Å². The van der Waals surface area contributed by atoms with E-state index in [9.17, 15) is 9.18 Å². The summed E-state index contributed by atoms with van der Waals surface area (Å²) in [6.45, 7) is 3.59. The molecule has 2 rings (SSSR count). The van der Waals surface area contributed by atoms with Crippen LogP contribution in [0, 0.1) is 19.7 Å². The van der Waals surface area contributed by atoms with Crippen LogP contribution >= 0.6 is 11.6 Å². The summed E-state index contributed by atoms with van der Waals surface area (Å²) in [4.78, 5) is 11.1. The molecule has 0 atom stereocenters. The molecule has 0 saturated heterocycles. The molecule has 0 heterocycles. The second-order valence-electron chi connectivity index (χ2n) is 4.39. The number of benzene rings is 2. The number of hydrogen-bond donors (Lipinski definition) is 1. The van der Waals surface area contributed by atoms with Gasteiger partial charge < -0.3 is 9.84 Å². The van der Waals surface area contributed by atoms with Crippen LogP contribution < -0.4 is 4.74 Å². The molecular formula is C15H12ClFO3. The van der Waals surface area contributed by atoms with Crippen LogP contribution in [0.15, 0.2) is 30.3 Å². The van der Waals surface area contributed by atoms with Gasteiger partial charge in [0.05, 0.1) is 0 Å². The number of halogens is 2. The highest BCUT2D eigenvalue weighted by molar-refractivity contribution is 6.32. The quantitative estimate of drug-likeness (QED) is 0.901. The van der Waals surface area contributed by atoms with Crippen molar-refractivity contribution in [1.82, 2.24) is 0 Å². The van der Waals surface area contributed by atoms with Gasteiger partial charge >= 0.3 is 5.97 Å². The molecule has 0 saturated carbocycles. The first-order chi connectivity index (χ1) is 9.40. The van der Waals surface area contributed by atoms with Crippen molar-refractivity contribution in [1.29, 1.82) is 0 Å². The summed E-state index contributed by atoms with van der Waals surface area (Å²) >= 11 is 6.04. The monoisotopic (exact) mass is 294 g/mol. The van der Waals surface area contributed by atoms with Crippen LogP contribution in [0.3, 0.4) is 0 Å². The average molecular weight is 295 g/mol. The molecule has 0 spiro atoms. The Kier molecular flexibility index (Phi) is 3.95. The van der Waals surface area contributed by atoms with E-state index in [1.54, 1.807) is 26.0 Å². The normalized spacial score (nSPS) is 10.4. The summed E-state index contributed by atoms with van der Waals surface area (Å²) < 4.78 is 19.2. The second kappa shape index (κ2) is 5.51. The Hall–Kier alpha value is -2.07. The predicted molar refractivity (Wildman–Crippen MR) is 74.4 cm³/mol. The van der Waals surface area contributed by atoms with Gasteiger partial charge in [-0.3, -0.25) is 0 Å². The van der Waals surface area contributed by atoms with E-state index >= 15 is 0 Å². The minimum absolute atomic E-state index is 0.227. The number of hydrogen-bond acceptors (Lipinski definition) is 2. The second-order valence-corrected chi connectivity index (χ2v) is 4.77. The lowest BCUT2D eigenvalue weighted by Gasteiger charge is -2.12. The maximum atomic E-state index is 13.8. The maximum Gasteiger partial charge on any atom is 0.339 e. The fourth-order valence-corrected chi connectivity index (χ4v) is 1.97. The Bertz CT molecular complexity index is 660. The van der Waals surface area contributed by atoms with Crippen molar-refractivity contribution in [2.45, 2.75) is 13.8 Å². The van der Waals surface area contributed by atoms with Gasteiger partial charge in [0.25, 0.3) is 0 Å². The van der Waals surface area contributed by atoms with Crippen molar-refractivity contribution in [3.8, 4) is 11.5 Å². The van der Waals surface area contributed by atoms with E-state index in [-0.39, 0.29) is 11.3 Å². The zero-order chi connectivity index (χ0) is 14.9. The number of aromatic carboxylic acids is 1. The number of carboxylic acids is 1. The molecule has 20 heavy (non-hydrogen) atoms.